The molecule has 0 aliphatic rings. The van der Waals surface area contributed by atoms with Crippen LogP contribution in [0, 0.1) is 3.70 Å². The van der Waals surface area contributed by atoms with Crippen molar-refractivity contribution in [2.24, 2.45) is 0 Å². The molecule has 0 unspecified atom stereocenters. The fourth-order valence-corrected chi connectivity index (χ4v) is 3.55. The number of benzene rings is 2. The van der Waals surface area contributed by atoms with Gasteiger partial charge in [-0.1, -0.05) is 29.8 Å². The minimum absolute atomic E-state index is 0.524. The van der Waals surface area contributed by atoms with Gasteiger partial charge in [0.15, 0.2) is 0 Å². The molecule has 4 rings (SSSR count). The second-order valence-electron chi connectivity index (χ2n) is 5.73. The quantitative estimate of drug-likeness (QED) is 0.396. The van der Waals surface area contributed by atoms with Crippen molar-refractivity contribution in [3.8, 4) is 22.8 Å². The Morgan fingerprint density at radius 2 is 1.96 bits per heavy atom. The predicted molar refractivity (Wildman–Crippen MR) is 110 cm³/mol. The molecule has 0 N–H and O–H groups in total. The Bertz CT molecular complexity index is 1080. The maximum atomic E-state index is 6.08. The molecule has 0 fully saturated rings. The summed E-state index contributed by atoms with van der Waals surface area (Å²) in [5, 5.41) is 17.9. The van der Waals surface area contributed by atoms with Crippen molar-refractivity contribution in [3.05, 3.63) is 69.0 Å². The molecule has 0 saturated carbocycles. The number of hydrogen-bond acceptors (Lipinski definition) is 5. The van der Waals surface area contributed by atoms with E-state index in [1.165, 1.54) is 0 Å². The minimum Gasteiger partial charge on any atom is -0.497 e. The van der Waals surface area contributed by atoms with Crippen LogP contribution in [-0.4, -0.2) is 37.1 Å². The van der Waals surface area contributed by atoms with Gasteiger partial charge in [-0.15, -0.1) is 10.2 Å². The highest BCUT2D eigenvalue weighted by atomic mass is 127. The molecule has 9 heteroatoms. The van der Waals surface area contributed by atoms with Crippen molar-refractivity contribution in [1.29, 1.82) is 0 Å². The normalized spacial score (nSPS) is 10.9. The molecule has 0 atom stereocenters. The van der Waals surface area contributed by atoms with E-state index in [9.17, 15) is 0 Å². The van der Waals surface area contributed by atoms with Gasteiger partial charge in [0.05, 0.1) is 31.1 Å². The first-order valence-electron chi connectivity index (χ1n) is 8.04. The van der Waals surface area contributed by atoms with Gasteiger partial charge in [0.2, 0.25) is 5.82 Å². The third-order valence-corrected chi connectivity index (χ3v) is 5.21. The van der Waals surface area contributed by atoms with Gasteiger partial charge in [-0.25, -0.2) is 4.68 Å². The molecule has 2 heterocycles. The molecule has 0 aliphatic heterocycles. The first-order chi connectivity index (χ1) is 13.1. The number of methoxy groups -OCH3 is 1. The molecule has 4 aromatic rings. The van der Waals surface area contributed by atoms with Crippen molar-refractivity contribution in [1.82, 2.24) is 30.0 Å². The largest absolute Gasteiger partial charge is 0.497 e. The molecule has 27 heavy (non-hydrogen) atoms. The first kappa shape index (κ1) is 17.9. The third-order valence-electron chi connectivity index (χ3n) is 3.94. The van der Waals surface area contributed by atoms with Crippen molar-refractivity contribution >= 4 is 34.2 Å². The molecule has 7 nitrogen and oxygen atoms in total. The molecule has 136 valence electrons. The van der Waals surface area contributed by atoms with Gasteiger partial charge in [-0.3, -0.25) is 0 Å². The summed E-state index contributed by atoms with van der Waals surface area (Å²) >= 11 is 8.30. The molecule has 0 radical (unpaired) electrons. The van der Waals surface area contributed by atoms with Crippen LogP contribution < -0.4 is 4.74 Å². The molecule has 2 aromatic carbocycles. The number of aromatic nitrogens is 6. The zero-order valence-corrected chi connectivity index (χ0v) is 17.2. The number of ether oxygens (including phenoxy) is 1. The lowest BCUT2D eigenvalue weighted by Gasteiger charge is -2.03. The van der Waals surface area contributed by atoms with E-state index >= 15 is 0 Å². The summed E-state index contributed by atoms with van der Waals surface area (Å²) in [4.78, 5) is 1.56. The molecule has 0 aliphatic carbocycles. The fraction of sp³-hybridized carbons (Fsp3) is 0.111. The third kappa shape index (κ3) is 3.81. The van der Waals surface area contributed by atoms with Crippen molar-refractivity contribution in [3.63, 3.8) is 0 Å². The van der Waals surface area contributed by atoms with E-state index in [4.69, 9.17) is 16.3 Å². The molecule has 0 bridgehead atoms. The summed E-state index contributed by atoms with van der Waals surface area (Å²) in [5.41, 5.74) is 2.75. The lowest BCUT2D eigenvalue weighted by molar-refractivity contribution is 0.414. The zero-order valence-electron chi connectivity index (χ0n) is 14.3. The number of nitrogens with zero attached hydrogens (tertiary/aromatic N) is 6. The predicted octanol–water partition coefficient (Wildman–Crippen LogP) is 3.84. The highest BCUT2D eigenvalue weighted by Crippen LogP contribution is 2.25. The number of rotatable bonds is 5. The van der Waals surface area contributed by atoms with Crippen LogP contribution in [0.25, 0.3) is 17.1 Å². The number of hydrogen-bond donors (Lipinski definition) is 0. The monoisotopic (exact) mass is 492 g/mol. The van der Waals surface area contributed by atoms with Crippen LogP contribution in [-0.2, 0) is 6.54 Å². The van der Waals surface area contributed by atoms with Crippen LogP contribution in [0.3, 0.4) is 0 Å². The minimum atomic E-state index is 0.524. The first-order valence-corrected chi connectivity index (χ1v) is 9.50. The van der Waals surface area contributed by atoms with Crippen LogP contribution in [0.15, 0.2) is 54.7 Å². The van der Waals surface area contributed by atoms with Gasteiger partial charge >= 0.3 is 0 Å². The summed E-state index contributed by atoms with van der Waals surface area (Å²) in [6.45, 7) is 0.524. The zero-order chi connectivity index (χ0) is 18.8. The molecule has 0 saturated heterocycles. The van der Waals surface area contributed by atoms with Crippen molar-refractivity contribution in [2.75, 3.05) is 7.11 Å². The maximum absolute atomic E-state index is 6.08. The van der Waals surface area contributed by atoms with E-state index in [1.54, 1.807) is 22.8 Å². The fourth-order valence-electron chi connectivity index (χ4n) is 2.58. The summed E-state index contributed by atoms with van der Waals surface area (Å²) in [6.07, 6.45) is 1.73. The highest BCUT2D eigenvalue weighted by Gasteiger charge is 2.16. The van der Waals surface area contributed by atoms with E-state index in [0.717, 1.165) is 26.3 Å². The maximum Gasteiger partial charge on any atom is 0.209 e. The van der Waals surface area contributed by atoms with Crippen LogP contribution in [0.1, 0.15) is 5.56 Å². The second-order valence-corrected chi connectivity index (χ2v) is 7.19. The SMILES string of the molecule is COc1ccc(Cn2nnc(-c3cnn(-c4cccc(Cl)c4)c3I)n2)cc1. The Balaban J connectivity index is 1.58. The molecule has 0 amide bonds. The van der Waals surface area contributed by atoms with Crippen molar-refractivity contribution in [2.45, 2.75) is 6.54 Å². The highest BCUT2D eigenvalue weighted by molar-refractivity contribution is 14.1. The Kier molecular flexibility index (Phi) is 5.08. The van der Waals surface area contributed by atoms with Gasteiger partial charge in [0.25, 0.3) is 0 Å². The van der Waals surface area contributed by atoms with Gasteiger partial charge in [0.1, 0.15) is 9.45 Å². The Morgan fingerprint density at radius 3 is 2.70 bits per heavy atom. The summed E-state index contributed by atoms with van der Waals surface area (Å²) in [5.74, 6) is 1.34. The average Bonchev–Trinajstić information content (AvgIpc) is 3.28. The Labute approximate surface area is 174 Å². The topological polar surface area (TPSA) is 70.7 Å². The molecular formula is C18H14ClIN6O. The standard InChI is InChI=1S/C18H14ClIN6O/c1-27-15-7-5-12(6-8-15)11-25-23-18(22-24-25)16-10-21-26(17(16)20)14-4-2-3-13(19)9-14/h2-10H,11H2,1H3. The smallest absolute Gasteiger partial charge is 0.209 e. The van der Waals surface area contributed by atoms with Gasteiger partial charge < -0.3 is 4.74 Å². The van der Waals surface area contributed by atoms with E-state index < -0.39 is 0 Å². The van der Waals surface area contributed by atoms with E-state index in [1.807, 2.05) is 48.5 Å². The van der Waals surface area contributed by atoms with Crippen LogP contribution >= 0.6 is 34.2 Å². The van der Waals surface area contributed by atoms with E-state index in [0.29, 0.717) is 17.4 Å². The van der Waals surface area contributed by atoms with E-state index in [-0.39, 0.29) is 0 Å². The number of halogens is 2. The van der Waals surface area contributed by atoms with Gasteiger partial charge in [-0.05, 0) is 63.7 Å². The Morgan fingerprint density at radius 1 is 1.15 bits per heavy atom. The lowest BCUT2D eigenvalue weighted by atomic mass is 10.2. The summed E-state index contributed by atoms with van der Waals surface area (Å²) < 4.78 is 7.86. The lowest BCUT2D eigenvalue weighted by Crippen LogP contribution is -2.04. The molecular weight excluding hydrogens is 479 g/mol. The summed E-state index contributed by atoms with van der Waals surface area (Å²) in [6, 6.07) is 15.3. The van der Waals surface area contributed by atoms with Crippen LogP contribution in [0.5, 0.6) is 5.75 Å². The van der Waals surface area contributed by atoms with E-state index in [2.05, 4.69) is 43.1 Å². The molecule has 2 aromatic heterocycles. The van der Waals surface area contributed by atoms with Crippen molar-refractivity contribution < 1.29 is 4.74 Å². The van der Waals surface area contributed by atoms with Gasteiger partial charge in [0, 0.05) is 5.02 Å². The van der Waals surface area contributed by atoms with Crippen LogP contribution in [0.2, 0.25) is 5.02 Å². The molecule has 0 spiro atoms. The second kappa shape index (κ2) is 7.65. The number of tetrazole rings is 1. The van der Waals surface area contributed by atoms with Crippen LogP contribution in [0.4, 0.5) is 0 Å². The average molecular weight is 493 g/mol. The summed E-state index contributed by atoms with van der Waals surface area (Å²) in [7, 11) is 1.64. The van der Waals surface area contributed by atoms with Gasteiger partial charge in [-0.2, -0.15) is 9.90 Å². The Hall–Kier alpha value is -2.46.